The van der Waals surface area contributed by atoms with Crippen LogP contribution in [0.3, 0.4) is 0 Å². The van der Waals surface area contributed by atoms with Crippen molar-refractivity contribution >= 4 is 22.6 Å². The molecule has 1 aromatic heterocycles. The van der Waals surface area contributed by atoms with E-state index in [2.05, 4.69) is 15.3 Å². The van der Waals surface area contributed by atoms with Crippen LogP contribution in [0.15, 0.2) is 5.38 Å². The van der Waals surface area contributed by atoms with Crippen LogP contribution in [0.4, 0.5) is 5.13 Å². The number of ether oxygens (including phenoxy) is 1. The first-order chi connectivity index (χ1) is 7.71. The fourth-order valence-corrected chi connectivity index (χ4v) is 2.25. The van der Waals surface area contributed by atoms with E-state index >= 15 is 0 Å². The minimum Gasteiger partial charge on any atom is -0.375 e. The van der Waals surface area contributed by atoms with E-state index in [1.807, 2.05) is 13.8 Å². The van der Waals surface area contributed by atoms with Gasteiger partial charge in [-0.2, -0.15) is 9.59 Å². The Morgan fingerprint density at radius 1 is 1.62 bits per heavy atom. The lowest BCUT2D eigenvalue weighted by atomic mass is 10.2. The fourth-order valence-electron chi connectivity index (χ4n) is 1.42. The third-order valence-corrected chi connectivity index (χ3v) is 3.15. The van der Waals surface area contributed by atoms with Gasteiger partial charge in [-0.25, -0.2) is 4.98 Å². The number of rotatable bonds is 3. The van der Waals surface area contributed by atoms with Crippen LogP contribution in [-0.4, -0.2) is 36.9 Å². The molecule has 0 amide bonds. The summed E-state index contributed by atoms with van der Waals surface area (Å²) >= 11 is 1.71. The Kier molecular flexibility index (Phi) is 5.11. The zero-order valence-corrected chi connectivity index (χ0v) is 10.1. The lowest BCUT2D eigenvalue weighted by molar-refractivity contribution is -0.191. The normalized spacial score (nSPS) is 14.8. The molecular weight excluding hydrogens is 228 g/mol. The monoisotopic (exact) mass is 242 g/mol. The summed E-state index contributed by atoms with van der Waals surface area (Å²) in [5, 5.41) is 3.22. The van der Waals surface area contributed by atoms with Gasteiger partial charge in [0.05, 0.1) is 11.8 Å². The Balaban J connectivity index is 0.000000386. The van der Waals surface area contributed by atoms with Crippen LogP contribution in [0.1, 0.15) is 12.6 Å². The molecule has 1 fully saturated rings. The number of carbonyl (C=O) groups excluding carboxylic acids is 2. The Bertz CT molecular complexity index is 355. The van der Waals surface area contributed by atoms with Crippen molar-refractivity contribution in [2.24, 2.45) is 0 Å². The van der Waals surface area contributed by atoms with Gasteiger partial charge in [-0.05, 0) is 13.8 Å². The highest BCUT2D eigenvalue weighted by Crippen LogP contribution is 2.25. The summed E-state index contributed by atoms with van der Waals surface area (Å²) in [6, 6.07) is 0. The zero-order valence-electron chi connectivity index (χ0n) is 9.30. The summed E-state index contributed by atoms with van der Waals surface area (Å²) < 4.78 is 5.47. The molecule has 0 saturated carbocycles. The summed E-state index contributed by atoms with van der Waals surface area (Å²) in [5.74, 6) is 0. The second-order valence-electron chi connectivity index (χ2n) is 3.34. The highest BCUT2D eigenvalue weighted by Gasteiger charge is 2.28. The van der Waals surface area contributed by atoms with Crippen LogP contribution in [0.2, 0.25) is 0 Å². The highest BCUT2D eigenvalue weighted by molar-refractivity contribution is 7.13. The van der Waals surface area contributed by atoms with Crippen LogP contribution in [0.5, 0.6) is 0 Å². The largest absolute Gasteiger partial charge is 0.375 e. The summed E-state index contributed by atoms with van der Waals surface area (Å²) in [4.78, 5) is 22.9. The Hall–Kier alpha value is -1.23. The van der Waals surface area contributed by atoms with Gasteiger partial charge in [0, 0.05) is 25.1 Å². The molecule has 6 heteroatoms. The first-order valence-electron chi connectivity index (χ1n) is 4.99. The Labute approximate surface area is 98.0 Å². The third kappa shape index (κ3) is 3.41. The molecule has 1 aromatic rings. The third-order valence-electron chi connectivity index (χ3n) is 2.13. The van der Waals surface area contributed by atoms with Crippen LogP contribution in [0, 0.1) is 6.92 Å². The highest BCUT2D eigenvalue weighted by atomic mass is 32.1. The molecule has 2 heterocycles. The molecule has 1 saturated heterocycles. The summed E-state index contributed by atoms with van der Waals surface area (Å²) in [7, 11) is 0. The topological polar surface area (TPSA) is 59.5 Å². The summed E-state index contributed by atoms with van der Waals surface area (Å²) in [6.45, 7) is 6.88. The van der Waals surface area contributed by atoms with Crippen molar-refractivity contribution in [3.63, 3.8) is 0 Å². The van der Waals surface area contributed by atoms with Crippen LogP contribution >= 0.6 is 11.3 Å². The van der Waals surface area contributed by atoms with E-state index in [1.165, 1.54) is 0 Å². The molecule has 0 radical (unpaired) electrons. The number of hydrogen-bond donors (Lipinski definition) is 0. The van der Waals surface area contributed by atoms with Crippen molar-refractivity contribution in [3.05, 3.63) is 11.1 Å². The minimum absolute atomic E-state index is 0.250. The predicted octanol–water partition coefficient (Wildman–Crippen LogP) is 1.09. The van der Waals surface area contributed by atoms with Crippen molar-refractivity contribution < 1.29 is 14.3 Å². The molecule has 16 heavy (non-hydrogen) atoms. The van der Waals surface area contributed by atoms with E-state index < -0.39 is 0 Å². The van der Waals surface area contributed by atoms with Gasteiger partial charge in [0.2, 0.25) is 0 Å². The first kappa shape index (κ1) is 12.8. The lowest BCUT2D eigenvalue weighted by Crippen LogP contribution is -2.52. The molecule has 0 spiro atoms. The molecule has 2 rings (SSSR count). The SMILES string of the molecule is CCOC1CN(c2nc(C)cs2)C1.O=C=O. The van der Waals surface area contributed by atoms with Gasteiger partial charge < -0.3 is 9.64 Å². The standard InChI is InChI=1S/C9H14N2OS.CO2/c1-3-12-8-4-11(5-8)9-10-7(2)6-13-9;2-1-3/h6,8H,3-5H2,1-2H3;. The molecule has 0 aliphatic carbocycles. The minimum atomic E-state index is 0.250. The van der Waals surface area contributed by atoms with Crippen molar-refractivity contribution in [2.75, 3.05) is 24.6 Å². The number of anilines is 1. The number of aryl methyl sites for hydroxylation is 1. The van der Waals surface area contributed by atoms with Crippen molar-refractivity contribution in [3.8, 4) is 0 Å². The maximum Gasteiger partial charge on any atom is 0.373 e. The van der Waals surface area contributed by atoms with Crippen LogP contribution in [0.25, 0.3) is 0 Å². The van der Waals surface area contributed by atoms with Gasteiger partial charge in [0.1, 0.15) is 0 Å². The van der Waals surface area contributed by atoms with Crippen LogP contribution < -0.4 is 4.90 Å². The van der Waals surface area contributed by atoms with Crippen molar-refractivity contribution in [1.29, 1.82) is 0 Å². The van der Waals surface area contributed by atoms with E-state index in [-0.39, 0.29) is 6.15 Å². The second-order valence-corrected chi connectivity index (χ2v) is 4.17. The molecule has 0 atom stereocenters. The number of hydrogen-bond acceptors (Lipinski definition) is 6. The average molecular weight is 242 g/mol. The van der Waals surface area contributed by atoms with Gasteiger partial charge >= 0.3 is 6.15 Å². The molecule has 0 N–H and O–H groups in total. The second kappa shape index (κ2) is 6.37. The van der Waals surface area contributed by atoms with Gasteiger partial charge in [-0.15, -0.1) is 11.3 Å². The molecule has 5 nitrogen and oxygen atoms in total. The zero-order chi connectivity index (χ0) is 12.0. The smallest absolute Gasteiger partial charge is 0.373 e. The van der Waals surface area contributed by atoms with Gasteiger partial charge in [-0.3, -0.25) is 0 Å². The van der Waals surface area contributed by atoms with Crippen molar-refractivity contribution in [2.45, 2.75) is 20.0 Å². The first-order valence-corrected chi connectivity index (χ1v) is 5.87. The number of aromatic nitrogens is 1. The average Bonchev–Trinajstić information content (AvgIpc) is 2.59. The molecule has 0 aromatic carbocycles. The quantitative estimate of drug-likeness (QED) is 0.794. The predicted molar refractivity (Wildman–Crippen MR) is 59.5 cm³/mol. The van der Waals surface area contributed by atoms with E-state index in [0.717, 1.165) is 30.5 Å². The summed E-state index contributed by atoms with van der Waals surface area (Å²) in [6.07, 6.45) is 0.675. The lowest BCUT2D eigenvalue weighted by Gasteiger charge is -2.38. The molecule has 1 aliphatic heterocycles. The van der Waals surface area contributed by atoms with E-state index in [1.54, 1.807) is 11.3 Å². The molecule has 1 aliphatic rings. The maximum atomic E-state index is 8.12. The molecule has 0 unspecified atom stereocenters. The Morgan fingerprint density at radius 3 is 2.69 bits per heavy atom. The van der Waals surface area contributed by atoms with Crippen molar-refractivity contribution in [1.82, 2.24) is 4.98 Å². The molecule has 0 bridgehead atoms. The summed E-state index contributed by atoms with van der Waals surface area (Å²) in [5.41, 5.74) is 1.11. The number of thiazole rings is 1. The van der Waals surface area contributed by atoms with Gasteiger partial charge in [-0.1, -0.05) is 0 Å². The number of nitrogens with zero attached hydrogens (tertiary/aromatic N) is 2. The fraction of sp³-hybridized carbons (Fsp3) is 0.600. The van der Waals surface area contributed by atoms with Gasteiger partial charge in [0.25, 0.3) is 0 Å². The van der Waals surface area contributed by atoms with Crippen LogP contribution in [-0.2, 0) is 14.3 Å². The van der Waals surface area contributed by atoms with E-state index in [0.29, 0.717) is 6.10 Å². The maximum absolute atomic E-state index is 8.12. The molecule has 88 valence electrons. The van der Waals surface area contributed by atoms with E-state index in [4.69, 9.17) is 14.3 Å². The van der Waals surface area contributed by atoms with E-state index in [9.17, 15) is 0 Å². The van der Waals surface area contributed by atoms with Gasteiger partial charge in [0.15, 0.2) is 5.13 Å². The molecular formula is C10H14N2O3S. The Morgan fingerprint density at radius 2 is 2.25 bits per heavy atom.